The third-order valence-corrected chi connectivity index (χ3v) is 4.07. The molecule has 1 aliphatic carbocycles. The highest BCUT2D eigenvalue weighted by atomic mass is 19.2. The van der Waals surface area contributed by atoms with E-state index in [0.717, 1.165) is 12.1 Å². The van der Waals surface area contributed by atoms with Gasteiger partial charge in [0.2, 0.25) is 0 Å². The first-order valence-corrected chi connectivity index (χ1v) is 7.59. The van der Waals surface area contributed by atoms with Crippen molar-refractivity contribution in [2.75, 3.05) is 20.3 Å². The van der Waals surface area contributed by atoms with Crippen LogP contribution in [0.25, 0.3) is 0 Å². The molecule has 0 atom stereocenters. The van der Waals surface area contributed by atoms with E-state index in [-0.39, 0.29) is 17.6 Å². The summed E-state index contributed by atoms with van der Waals surface area (Å²) >= 11 is 0. The highest BCUT2D eigenvalue weighted by molar-refractivity contribution is 5.66. The van der Waals surface area contributed by atoms with Crippen molar-refractivity contribution in [3.63, 3.8) is 0 Å². The van der Waals surface area contributed by atoms with E-state index >= 15 is 0 Å². The Balaban J connectivity index is 1.80. The van der Waals surface area contributed by atoms with Crippen LogP contribution in [0.2, 0.25) is 0 Å². The number of amides is 1. The summed E-state index contributed by atoms with van der Waals surface area (Å²) in [5.41, 5.74) is -0.157. The lowest BCUT2D eigenvalue weighted by molar-refractivity contribution is 0.0259. The number of carbonyl (C=O) groups excluding carboxylic acids is 1. The molecule has 4 nitrogen and oxygen atoms in total. The van der Waals surface area contributed by atoms with Gasteiger partial charge in [-0.15, -0.1) is 0 Å². The SMILES string of the molecule is COC(=O)NCCOC1CCC(c2c(F)ccc(F)c2F)CC1. The minimum Gasteiger partial charge on any atom is -0.453 e. The molecule has 7 heteroatoms. The standard InChI is InChI=1S/C16H20F3NO3/c1-22-16(21)20-8-9-23-11-4-2-10(3-5-11)14-12(17)6-7-13(18)15(14)19/h6-7,10-11H,2-5,8-9H2,1H3,(H,20,21). The fraction of sp³-hybridized carbons (Fsp3) is 0.562. The predicted molar refractivity (Wildman–Crippen MR) is 77.7 cm³/mol. The van der Waals surface area contributed by atoms with Gasteiger partial charge in [-0.2, -0.15) is 0 Å². The molecule has 0 unspecified atom stereocenters. The Labute approximate surface area is 133 Å². The smallest absolute Gasteiger partial charge is 0.406 e. The van der Waals surface area contributed by atoms with Crippen LogP contribution in [0.15, 0.2) is 12.1 Å². The Morgan fingerprint density at radius 2 is 1.83 bits per heavy atom. The maximum absolute atomic E-state index is 13.8. The predicted octanol–water partition coefficient (Wildman–Crippen LogP) is 3.50. The molecule has 0 aliphatic heterocycles. The zero-order valence-electron chi connectivity index (χ0n) is 12.9. The van der Waals surface area contributed by atoms with Gasteiger partial charge < -0.3 is 14.8 Å². The molecule has 1 fully saturated rings. The third-order valence-electron chi connectivity index (χ3n) is 4.07. The van der Waals surface area contributed by atoms with Crippen molar-refractivity contribution in [3.05, 3.63) is 35.1 Å². The van der Waals surface area contributed by atoms with Crippen molar-refractivity contribution in [1.29, 1.82) is 0 Å². The molecule has 0 radical (unpaired) electrons. The number of benzene rings is 1. The lowest BCUT2D eigenvalue weighted by Gasteiger charge is -2.29. The zero-order valence-corrected chi connectivity index (χ0v) is 12.9. The summed E-state index contributed by atoms with van der Waals surface area (Å²) in [7, 11) is 1.28. The molecule has 1 saturated carbocycles. The summed E-state index contributed by atoms with van der Waals surface area (Å²) in [4.78, 5) is 10.9. The van der Waals surface area contributed by atoms with Crippen LogP contribution in [-0.4, -0.2) is 32.5 Å². The first-order chi connectivity index (χ1) is 11.0. The van der Waals surface area contributed by atoms with E-state index < -0.39 is 23.5 Å². The molecule has 0 aromatic heterocycles. The molecule has 2 rings (SSSR count). The summed E-state index contributed by atoms with van der Waals surface area (Å²) < 4.78 is 50.9. The largest absolute Gasteiger partial charge is 0.453 e. The Morgan fingerprint density at radius 1 is 1.17 bits per heavy atom. The highest BCUT2D eigenvalue weighted by Gasteiger charge is 2.28. The third kappa shape index (κ3) is 4.60. The van der Waals surface area contributed by atoms with Crippen molar-refractivity contribution in [2.45, 2.75) is 37.7 Å². The summed E-state index contributed by atoms with van der Waals surface area (Å²) in [5.74, 6) is -3.14. The molecule has 1 N–H and O–H groups in total. The van der Waals surface area contributed by atoms with E-state index in [1.54, 1.807) is 0 Å². The van der Waals surface area contributed by atoms with Gasteiger partial charge in [-0.25, -0.2) is 18.0 Å². The van der Waals surface area contributed by atoms with Gasteiger partial charge in [-0.1, -0.05) is 0 Å². The van der Waals surface area contributed by atoms with Gasteiger partial charge in [0.05, 0.1) is 19.8 Å². The van der Waals surface area contributed by atoms with Crippen molar-refractivity contribution in [2.24, 2.45) is 0 Å². The van der Waals surface area contributed by atoms with Crippen LogP contribution in [0, 0.1) is 17.5 Å². The van der Waals surface area contributed by atoms with Gasteiger partial charge in [0.1, 0.15) is 5.82 Å². The molecule has 0 heterocycles. The number of ether oxygens (including phenoxy) is 2. The number of halogens is 3. The molecule has 1 aromatic carbocycles. The number of carbonyl (C=O) groups is 1. The van der Waals surface area contributed by atoms with Crippen LogP contribution in [0.5, 0.6) is 0 Å². The minimum absolute atomic E-state index is 0.0228. The Kier molecular flexibility index (Phi) is 6.27. The molecule has 0 saturated heterocycles. The van der Waals surface area contributed by atoms with Crippen molar-refractivity contribution >= 4 is 6.09 Å². The Bertz CT molecular complexity index is 546. The van der Waals surface area contributed by atoms with Crippen LogP contribution in [-0.2, 0) is 9.47 Å². The Hall–Kier alpha value is -1.76. The summed E-state index contributed by atoms with van der Waals surface area (Å²) in [5, 5.41) is 2.50. The Morgan fingerprint density at radius 3 is 2.48 bits per heavy atom. The maximum atomic E-state index is 13.8. The second-order valence-electron chi connectivity index (χ2n) is 5.52. The number of nitrogens with one attached hydrogen (secondary N) is 1. The number of rotatable bonds is 5. The lowest BCUT2D eigenvalue weighted by atomic mass is 9.82. The van der Waals surface area contributed by atoms with Gasteiger partial charge in [0, 0.05) is 12.1 Å². The van der Waals surface area contributed by atoms with Crippen LogP contribution in [0.1, 0.15) is 37.2 Å². The zero-order chi connectivity index (χ0) is 16.8. The average molecular weight is 331 g/mol. The number of hydrogen-bond donors (Lipinski definition) is 1. The average Bonchev–Trinajstić information content (AvgIpc) is 2.56. The topological polar surface area (TPSA) is 47.6 Å². The lowest BCUT2D eigenvalue weighted by Crippen LogP contribution is -2.29. The summed E-state index contributed by atoms with van der Waals surface area (Å²) in [6.07, 6.45) is 1.80. The van der Waals surface area contributed by atoms with Crippen LogP contribution in [0.3, 0.4) is 0 Å². The maximum Gasteiger partial charge on any atom is 0.406 e. The fourth-order valence-electron chi connectivity index (χ4n) is 2.89. The molecule has 23 heavy (non-hydrogen) atoms. The van der Waals surface area contributed by atoms with Crippen LogP contribution >= 0.6 is 0 Å². The van der Waals surface area contributed by atoms with Gasteiger partial charge in [-0.3, -0.25) is 0 Å². The molecule has 0 spiro atoms. The van der Waals surface area contributed by atoms with Crippen molar-refractivity contribution in [1.82, 2.24) is 5.32 Å². The molecule has 1 aliphatic rings. The van der Waals surface area contributed by atoms with Gasteiger partial charge in [-0.05, 0) is 43.7 Å². The highest BCUT2D eigenvalue weighted by Crippen LogP contribution is 2.37. The molecular formula is C16H20F3NO3. The second kappa shape index (κ2) is 8.19. The number of alkyl carbamates (subject to hydrolysis) is 1. The van der Waals surface area contributed by atoms with E-state index in [1.807, 2.05) is 0 Å². The number of methoxy groups -OCH3 is 1. The second-order valence-corrected chi connectivity index (χ2v) is 5.52. The van der Waals surface area contributed by atoms with E-state index in [1.165, 1.54) is 7.11 Å². The monoisotopic (exact) mass is 331 g/mol. The van der Waals surface area contributed by atoms with Gasteiger partial charge >= 0.3 is 6.09 Å². The molecule has 1 aromatic rings. The molecule has 128 valence electrons. The normalized spacial score (nSPS) is 21.0. The van der Waals surface area contributed by atoms with Crippen molar-refractivity contribution < 1.29 is 27.4 Å². The van der Waals surface area contributed by atoms with Gasteiger partial charge in [0.25, 0.3) is 0 Å². The van der Waals surface area contributed by atoms with Crippen LogP contribution < -0.4 is 5.32 Å². The number of hydrogen-bond acceptors (Lipinski definition) is 3. The minimum atomic E-state index is -1.09. The first-order valence-electron chi connectivity index (χ1n) is 7.59. The van der Waals surface area contributed by atoms with E-state index in [9.17, 15) is 18.0 Å². The first kappa shape index (κ1) is 17.6. The summed E-state index contributed by atoms with van der Waals surface area (Å²) in [6.45, 7) is 0.673. The summed E-state index contributed by atoms with van der Waals surface area (Å²) in [6, 6.07) is 1.77. The molecule has 1 amide bonds. The molecular weight excluding hydrogens is 311 g/mol. The van der Waals surface area contributed by atoms with Crippen molar-refractivity contribution in [3.8, 4) is 0 Å². The van der Waals surface area contributed by atoms with E-state index in [2.05, 4.69) is 10.1 Å². The van der Waals surface area contributed by atoms with E-state index in [0.29, 0.717) is 38.8 Å². The quantitative estimate of drug-likeness (QED) is 0.663. The van der Waals surface area contributed by atoms with Crippen LogP contribution in [0.4, 0.5) is 18.0 Å². The van der Waals surface area contributed by atoms with E-state index in [4.69, 9.17) is 4.74 Å². The molecule has 0 bridgehead atoms. The fourth-order valence-corrected chi connectivity index (χ4v) is 2.89. The van der Waals surface area contributed by atoms with Gasteiger partial charge in [0.15, 0.2) is 11.6 Å².